The molecule has 0 saturated carbocycles. The van der Waals surface area contributed by atoms with Crippen molar-refractivity contribution in [1.29, 1.82) is 0 Å². The maximum Gasteiger partial charge on any atom is 0.340 e. The molecule has 140 valence electrons. The number of ether oxygens (including phenoxy) is 1. The molecular weight excluding hydrogens is 350 g/mol. The molecule has 0 radical (unpaired) electrons. The van der Waals surface area contributed by atoms with E-state index in [9.17, 15) is 14.7 Å². The Morgan fingerprint density at radius 1 is 1.22 bits per heavy atom. The summed E-state index contributed by atoms with van der Waals surface area (Å²) >= 11 is 0. The van der Waals surface area contributed by atoms with Crippen molar-refractivity contribution in [2.24, 2.45) is 0 Å². The van der Waals surface area contributed by atoms with Crippen LogP contribution in [-0.4, -0.2) is 29.3 Å². The molecule has 2 aromatic carbocycles. The van der Waals surface area contributed by atoms with E-state index in [2.05, 4.69) is 5.32 Å². The quantitative estimate of drug-likeness (QED) is 0.452. The van der Waals surface area contributed by atoms with Gasteiger partial charge in [-0.1, -0.05) is 12.1 Å². The summed E-state index contributed by atoms with van der Waals surface area (Å²) in [6.07, 6.45) is 0. The van der Waals surface area contributed by atoms with E-state index >= 15 is 0 Å². The van der Waals surface area contributed by atoms with Crippen LogP contribution in [0, 0.1) is 6.92 Å². The molecule has 1 heterocycles. The van der Waals surface area contributed by atoms with Gasteiger partial charge in [-0.05, 0) is 31.2 Å². The first-order valence-corrected chi connectivity index (χ1v) is 8.37. The zero-order valence-electron chi connectivity index (χ0n) is 14.7. The summed E-state index contributed by atoms with van der Waals surface area (Å²) in [5, 5.41) is 22.3. The second-order valence-corrected chi connectivity index (χ2v) is 5.95. The SMILES string of the molecule is Cc1c(O)ccc2c(COC(=O)c3ccccc3NCCO)cc(=O)oc12. The molecule has 3 rings (SSSR count). The van der Waals surface area contributed by atoms with Gasteiger partial charge < -0.3 is 24.7 Å². The Labute approximate surface area is 154 Å². The number of anilines is 1. The van der Waals surface area contributed by atoms with Crippen molar-refractivity contribution >= 4 is 22.6 Å². The number of aliphatic hydroxyl groups is 1. The van der Waals surface area contributed by atoms with Crippen LogP contribution in [0.1, 0.15) is 21.5 Å². The van der Waals surface area contributed by atoms with Crippen LogP contribution in [0.2, 0.25) is 0 Å². The summed E-state index contributed by atoms with van der Waals surface area (Å²) < 4.78 is 10.6. The lowest BCUT2D eigenvalue weighted by Gasteiger charge is -2.12. The number of aliphatic hydroxyl groups excluding tert-OH is 1. The van der Waals surface area contributed by atoms with Gasteiger partial charge in [0, 0.05) is 34.8 Å². The van der Waals surface area contributed by atoms with Crippen molar-refractivity contribution in [3.05, 3.63) is 69.6 Å². The van der Waals surface area contributed by atoms with Crippen molar-refractivity contribution in [2.45, 2.75) is 13.5 Å². The molecule has 0 amide bonds. The smallest absolute Gasteiger partial charge is 0.340 e. The van der Waals surface area contributed by atoms with Crippen molar-refractivity contribution in [1.82, 2.24) is 0 Å². The summed E-state index contributed by atoms with van der Waals surface area (Å²) in [7, 11) is 0. The molecule has 0 aliphatic heterocycles. The Morgan fingerprint density at radius 2 is 2.00 bits per heavy atom. The number of para-hydroxylation sites is 1. The Bertz CT molecular complexity index is 1040. The lowest BCUT2D eigenvalue weighted by atomic mass is 10.1. The van der Waals surface area contributed by atoms with Gasteiger partial charge in [0.15, 0.2) is 0 Å². The topological polar surface area (TPSA) is 109 Å². The number of hydrogen-bond acceptors (Lipinski definition) is 7. The van der Waals surface area contributed by atoms with Crippen LogP contribution in [-0.2, 0) is 11.3 Å². The second kappa shape index (κ2) is 7.92. The molecule has 3 N–H and O–H groups in total. The van der Waals surface area contributed by atoms with Gasteiger partial charge in [0.1, 0.15) is 17.9 Å². The molecule has 0 unspecified atom stereocenters. The summed E-state index contributed by atoms with van der Waals surface area (Å²) in [6, 6.07) is 11.2. The fraction of sp³-hybridized carbons (Fsp3) is 0.200. The van der Waals surface area contributed by atoms with Crippen LogP contribution in [0.25, 0.3) is 11.0 Å². The first-order chi connectivity index (χ1) is 13.0. The minimum absolute atomic E-state index is 0.0173. The number of fused-ring (bicyclic) bond motifs is 1. The van der Waals surface area contributed by atoms with Crippen LogP contribution in [0.4, 0.5) is 5.69 Å². The van der Waals surface area contributed by atoms with Crippen molar-refractivity contribution in [3.63, 3.8) is 0 Å². The zero-order chi connectivity index (χ0) is 19.4. The molecule has 0 bridgehead atoms. The number of phenols is 1. The third kappa shape index (κ3) is 3.93. The van der Waals surface area contributed by atoms with Gasteiger partial charge >= 0.3 is 11.6 Å². The number of hydrogen-bond donors (Lipinski definition) is 3. The normalized spacial score (nSPS) is 10.7. The third-order valence-corrected chi connectivity index (χ3v) is 4.15. The molecule has 3 aromatic rings. The Hall–Kier alpha value is -3.32. The number of aromatic hydroxyl groups is 1. The van der Waals surface area contributed by atoms with Crippen LogP contribution in [0.5, 0.6) is 5.75 Å². The lowest BCUT2D eigenvalue weighted by molar-refractivity contribution is 0.0475. The fourth-order valence-corrected chi connectivity index (χ4v) is 2.76. The number of rotatable bonds is 6. The Morgan fingerprint density at radius 3 is 2.78 bits per heavy atom. The fourth-order valence-electron chi connectivity index (χ4n) is 2.76. The molecule has 0 atom stereocenters. The summed E-state index contributed by atoms with van der Waals surface area (Å²) in [6.45, 7) is 1.75. The average Bonchev–Trinajstić information content (AvgIpc) is 2.67. The number of aryl methyl sites for hydroxylation is 1. The standard InChI is InChI=1S/C20H19NO6/c1-12-17(23)7-6-14-13(10-18(24)27-19(12)14)11-26-20(25)15-4-2-3-5-16(15)21-8-9-22/h2-7,10,21-23H,8-9,11H2,1H3. The van der Waals surface area contributed by atoms with Gasteiger partial charge in [0.2, 0.25) is 0 Å². The van der Waals surface area contributed by atoms with Crippen molar-refractivity contribution in [3.8, 4) is 5.75 Å². The molecule has 0 aliphatic rings. The highest BCUT2D eigenvalue weighted by molar-refractivity contribution is 5.95. The van der Waals surface area contributed by atoms with Crippen LogP contribution < -0.4 is 10.9 Å². The molecule has 7 heteroatoms. The van der Waals surface area contributed by atoms with E-state index in [0.717, 1.165) is 0 Å². The van der Waals surface area contributed by atoms with E-state index < -0.39 is 11.6 Å². The van der Waals surface area contributed by atoms with E-state index in [1.54, 1.807) is 37.3 Å². The molecule has 0 aliphatic carbocycles. The molecule has 0 saturated heterocycles. The van der Waals surface area contributed by atoms with Gasteiger partial charge in [0.05, 0.1) is 12.2 Å². The lowest BCUT2D eigenvalue weighted by Crippen LogP contribution is -2.13. The summed E-state index contributed by atoms with van der Waals surface area (Å²) in [4.78, 5) is 24.3. The molecular formula is C20H19NO6. The second-order valence-electron chi connectivity index (χ2n) is 5.95. The summed E-state index contributed by atoms with van der Waals surface area (Å²) in [5.41, 5.74) is 1.47. The Balaban J connectivity index is 1.86. The predicted molar refractivity (Wildman–Crippen MR) is 100 cm³/mol. The highest BCUT2D eigenvalue weighted by Gasteiger charge is 2.15. The summed E-state index contributed by atoms with van der Waals surface area (Å²) in [5.74, 6) is -0.545. The minimum atomic E-state index is -0.590. The van der Waals surface area contributed by atoms with Gasteiger partial charge in [-0.2, -0.15) is 0 Å². The molecule has 27 heavy (non-hydrogen) atoms. The van der Waals surface area contributed by atoms with Gasteiger partial charge in [0.25, 0.3) is 0 Å². The largest absolute Gasteiger partial charge is 0.508 e. The maximum absolute atomic E-state index is 12.5. The predicted octanol–water partition coefficient (Wildman–Crippen LogP) is 2.57. The van der Waals surface area contributed by atoms with Gasteiger partial charge in [-0.15, -0.1) is 0 Å². The number of nitrogens with one attached hydrogen (secondary N) is 1. The van der Waals surface area contributed by atoms with E-state index in [4.69, 9.17) is 14.3 Å². The van der Waals surface area contributed by atoms with Crippen LogP contribution >= 0.6 is 0 Å². The van der Waals surface area contributed by atoms with Crippen LogP contribution in [0.3, 0.4) is 0 Å². The zero-order valence-corrected chi connectivity index (χ0v) is 14.7. The highest BCUT2D eigenvalue weighted by atomic mass is 16.5. The molecule has 7 nitrogen and oxygen atoms in total. The van der Waals surface area contributed by atoms with Crippen molar-refractivity contribution < 1.29 is 24.2 Å². The van der Waals surface area contributed by atoms with Gasteiger partial charge in [-0.3, -0.25) is 0 Å². The molecule has 0 spiro atoms. The van der Waals surface area contributed by atoms with E-state index in [1.807, 2.05) is 0 Å². The van der Waals surface area contributed by atoms with Crippen molar-refractivity contribution in [2.75, 3.05) is 18.5 Å². The molecule has 1 aromatic heterocycles. The average molecular weight is 369 g/mol. The number of carbonyl (C=O) groups excluding carboxylic acids is 1. The third-order valence-electron chi connectivity index (χ3n) is 4.15. The minimum Gasteiger partial charge on any atom is -0.508 e. The van der Waals surface area contributed by atoms with Gasteiger partial charge in [-0.25, -0.2) is 9.59 Å². The maximum atomic E-state index is 12.5. The number of carbonyl (C=O) groups is 1. The first kappa shape index (κ1) is 18.5. The van der Waals surface area contributed by atoms with Crippen LogP contribution in [0.15, 0.2) is 51.7 Å². The number of esters is 1. The van der Waals surface area contributed by atoms with E-state index in [1.165, 1.54) is 12.1 Å². The number of benzene rings is 2. The monoisotopic (exact) mass is 369 g/mol. The first-order valence-electron chi connectivity index (χ1n) is 8.37. The van der Waals surface area contributed by atoms with E-state index in [0.29, 0.717) is 34.3 Å². The molecule has 0 fully saturated rings. The van der Waals surface area contributed by atoms with E-state index in [-0.39, 0.29) is 24.5 Å². The number of phenolic OH excluding ortho intramolecular Hbond substituents is 1. The Kier molecular flexibility index (Phi) is 5.42. The highest BCUT2D eigenvalue weighted by Crippen LogP contribution is 2.28.